The van der Waals surface area contributed by atoms with E-state index in [1.807, 2.05) is 166 Å². The summed E-state index contributed by atoms with van der Waals surface area (Å²) < 4.78 is 80.5. The number of para-hydroxylation sites is 9. The van der Waals surface area contributed by atoms with E-state index >= 15 is 0 Å². The second-order valence-corrected chi connectivity index (χ2v) is 46.7. The number of carbonyl (C=O) groups excluding carboxylic acids is 3. The van der Waals surface area contributed by atoms with Crippen molar-refractivity contribution in [2.45, 2.75) is 195 Å². The molecule has 0 amide bonds. The summed E-state index contributed by atoms with van der Waals surface area (Å²) in [6.45, 7) is 41.8. The Morgan fingerprint density at radius 2 is 0.824 bits per heavy atom. The maximum absolute atomic E-state index is 12.0. The Kier molecular flexibility index (Phi) is 36.7. The molecule has 694 valence electrons. The molecule has 18 rings (SSSR count). The molecule has 2 fully saturated rings. The van der Waals surface area contributed by atoms with Gasteiger partial charge in [0.1, 0.15) is 82.0 Å². The zero-order valence-corrected chi connectivity index (χ0v) is 84.5. The van der Waals surface area contributed by atoms with Crippen molar-refractivity contribution in [2.24, 2.45) is 11.8 Å². The maximum Gasteiger partial charge on any atom is 0.313 e. The van der Waals surface area contributed by atoms with Crippen LogP contribution in [0.5, 0.6) is 23.0 Å². The molecule has 14 aromatic rings. The number of esters is 2. The monoisotopic (exact) mass is 2010 g/mol. The molecule has 3 N–H and O–H groups in total. The lowest BCUT2D eigenvalue weighted by Crippen LogP contribution is -2.41. The van der Waals surface area contributed by atoms with Crippen LogP contribution < -0.4 is 14.2 Å². The van der Waals surface area contributed by atoms with Crippen LogP contribution in [0, 0.1) is 23.2 Å². The van der Waals surface area contributed by atoms with Crippen LogP contribution in [0.15, 0.2) is 273 Å². The lowest BCUT2D eigenvalue weighted by Gasteiger charge is -2.38. The Bertz CT molecular complexity index is 6100. The molecule has 0 saturated heterocycles. The highest BCUT2D eigenvalue weighted by atomic mass is 79.9. The largest absolute Gasteiger partial charge is 0.507 e. The van der Waals surface area contributed by atoms with E-state index in [1.165, 1.54) is 6.92 Å². The van der Waals surface area contributed by atoms with E-state index in [4.69, 9.17) is 74.5 Å². The number of phenolic OH excluding ortho intramolecular Hbond substituents is 1. The number of hydrogen-bond acceptors (Lipinski definition) is 21. The third-order valence-electron chi connectivity index (χ3n) is 23.4. The normalized spacial score (nSPS) is 16.7. The van der Waals surface area contributed by atoms with Crippen LogP contribution in [-0.2, 0) is 37.4 Å². The number of benzene rings is 9. The van der Waals surface area contributed by atoms with Gasteiger partial charge in [0, 0.05) is 85.4 Å². The molecule has 10 atom stereocenters. The predicted octanol–water partition coefficient (Wildman–Crippen LogP) is 28.1. The summed E-state index contributed by atoms with van der Waals surface area (Å²) in [4.78, 5) is 34.8. The number of carbonyl (C=O) groups is 3. The first-order chi connectivity index (χ1) is 62.4. The number of aromatic hydroxyl groups is 1. The van der Waals surface area contributed by atoms with Crippen LogP contribution in [0.1, 0.15) is 189 Å². The topological polar surface area (TPSA) is 284 Å². The van der Waals surface area contributed by atoms with E-state index in [9.17, 15) is 24.6 Å². The number of furan rings is 5. The first-order valence-electron chi connectivity index (χ1n) is 44.0. The zero-order valence-electron chi connectivity index (χ0n) is 77.8. The minimum atomic E-state index is -1.86. The van der Waals surface area contributed by atoms with Gasteiger partial charge in [-0.2, -0.15) is 5.26 Å². The number of halogens is 3. The van der Waals surface area contributed by atoms with Gasteiger partial charge in [-0.15, -0.1) is 0 Å². The average molecular weight is 2010 g/mol. The number of hydrogen-bond donors (Lipinski definition) is 3. The molecule has 0 bridgehead atoms. The Hall–Kier alpha value is -10.4. The van der Waals surface area contributed by atoms with Crippen LogP contribution in [0.25, 0.3) is 54.8 Å². The Balaban J connectivity index is 0.000000156. The van der Waals surface area contributed by atoms with Crippen molar-refractivity contribution < 1.29 is 93.8 Å². The lowest BCUT2D eigenvalue weighted by molar-refractivity contribution is -0.152. The van der Waals surface area contributed by atoms with E-state index in [0.717, 1.165) is 108 Å². The molecular formula is C105H120Br3NO20Si2. The summed E-state index contributed by atoms with van der Waals surface area (Å²) in [6.07, 6.45) is 6.81. The zero-order chi connectivity index (χ0) is 95.2. The van der Waals surface area contributed by atoms with E-state index in [0.29, 0.717) is 55.3 Å². The third-order valence-corrected chi connectivity index (χ3v) is 34.5. The Labute approximate surface area is 794 Å². The highest BCUT2D eigenvalue weighted by molar-refractivity contribution is 9.11. The summed E-state index contributed by atoms with van der Waals surface area (Å²) in [5, 5.41) is 42.2. The van der Waals surface area contributed by atoms with Gasteiger partial charge in [-0.1, -0.05) is 175 Å². The first kappa shape index (κ1) is 103. The molecular weight excluding hydrogens is 1890 g/mol. The van der Waals surface area contributed by atoms with Crippen molar-refractivity contribution >= 4 is 137 Å². The number of nitriles is 1. The fourth-order valence-corrected chi connectivity index (χ4v) is 18.4. The summed E-state index contributed by atoms with van der Waals surface area (Å²) in [7, 11) is -3.62. The summed E-state index contributed by atoms with van der Waals surface area (Å²) >= 11 is 9.95. The molecule has 0 radical (unpaired) electrons. The number of ketones is 1. The number of fused-ring (bicyclic) bond motifs is 11. The van der Waals surface area contributed by atoms with Gasteiger partial charge in [-0.05, 0) is 219 Å². The van der Waals surface area contributed by atoms with Crippen LogP contribution in [0.4, 0.5) is 0 Å². The molecule has 5 aromatic heterocycles. The molecule has 131 heavy (non-hydrogen) atoms. The molecule has 21 nitrogen and oxygen atoms in total. The minimum absolute atomic E-state index is 0.0191. The van der Waals surface area contributed by atoms with Gasteiger partial charge in [0.25, 0.3) is 0 Å². The van der Waals surface area contributed by atoms with Gasteiger partial charge in [0.05, 0.1) is 93.5 Å². The van der Waals surface area contributed by atoms with Gasteiger partial charge in [-0.25, -0.2) is 0 Å². The first-order valence-corrected chi connectivity index (χ1v) is 52.2. The number of phenols is 1. The maximum atomic E-state index is 12.0. The van der Waals surface area contributed by atoms with Crippen molar-refractivity contribution in [1.82, 2.24) is 0 Å². The highest BCUT2D eigenvalue weighted by Gasteiger charge is 2.65. The van der Waals surface area contributed by atoms with Crippen molar-refractivity contribution in [1.29, 1.82) is 5.26 Å². The predicted molar refractivity (Wildman–Crippen MR) is 528 cm³/mol. The van der Waals surface area contributed by atoms with Crippen molar-refractivity contribution in [3.05, 3.63) is 295 Å². The molecule has 2 aliphatic heterocycles. The smallest absolute Gasteiger partial charge is 0.313 e. The van der Waals surface area contributed by atoms with E-state index < -0.39 is 28.8 Å². The molecule has 26 heteroatoms. The number of ether oxygens (including phenoxy) is 7. The number of rotatable bonds is 20. The SMILES string of the molecule is Brc1cccc2ccoc12.CC(=O)c1cccc2ccoc12.CC(O)c1cccc2ccoc12.CC(O[Si](C)(C)C(C)(C)C)c1cccc2ccoc12.CCOC(=O)C1C2Oc3c(C(C)O)cccc3C21.CCOC(=O)C1C2Oc3c(C(C)O[Si](C)(C)C(C)(C)C)cccc3C21.CCOC(COc1ccccc1Br)OCC.N#Cc1cccc2ccoc12.Oc1ccccc1Br. The van der Waals surface area contributed by atoms with Gasteiger partial charge >= 0.3 is 11.9 Å². The van der Waals surface area contributed by atoms with Crippen molar-refractivity contribution in [3.8, 4) is 29.1 Å². The fourth-order valence-electron chi connectivity index (χ4n) is 14.5. The van der Waals surface area contributed by atoms with Gasteiger partial charge in [0.15, 0.2) is 34.3 Å². The van der Waals surface area contributed by atoms with Gasteiger partial charge in [-0.3, -0.25) is 14.4 Å². The molecule has 10 unspecified atom stereocenters. The average Bonchev–Trinajstić information content (AvgIpc) is 1.55. The number of aliphatic hydroxyl groups excluding tert-OH is 2. The second-order valence-electron chi connectivity index (χ2n) is 34.6. The molecule has 4 aliphatic rings. The number of nitrogens with zero attached hydrogens (tertiary/aromatic N) is 1. The van der Waals surface area contributed by atoms with E-state index in [-0.39, 0.29) is 87.9 Å². The van der Waals surface area contributed by atoms with Crippen LogP contribution in [0.2, 0.25) is 36.3 Å². The number of aliphatic hydroxyl groups is 2. The number of Topliss-reactive ketones (excluding diaryl/α,β-unsaturated/α-hetero) is 1. The van der Waals surface area contributed by atoms with E-state index in [2.05, 4.69) is 166 Å². The lowest BCUT2D eigenvalue weighted by atomic mass is 10.0. The Morgan fingerprint density at radius 1 is 0.443 bits per heavy atom. The standard InChI is InChI=1S/C20H30O4Si.C16H24O2Si.C14H16O4.C12H17BrO3.C10H10O2.C10H8O2.C9H5NO.C8H5BrO.C6H5BrO/c1-8-22-19(21)16-15-14-11-9-10-13(17(14)23-18(15)16)12(2)24-25(6,7)20(3,4)5;1-12(18-19(5,6)16(2,3)4)14-9-7-8-13-10-11-17-15(13)14;1-3-17-14(16)11-10-9-6-4-5-8(7(2)15)12(9)18-13(10)11;1-3-14-12(15-4-2)9-16-11-8-6-5-7-10(11)13;2*1-7(11)9-4-2-3-8-5-6-12-10(8)9;10-6-8-3-1-2-7-4-5-11-9(7)8;9-7-3-1-2-6-4-5-10-8(6)7;7-5-3-1-2-4-6(5)8/h9-12,15-16,18H,8H2,1-7H3;7-12H,1-6H3;4-7,10-11,13,15H,3H2,1-2H3;5-8,12H,3-4,9H2,1-2H3;2-7,11H,1H3;2-6H,1H3;1-5H;1-5H;1-4,8H. The molecule has 2 saturated carbocycles. The van der Waals surface area contributed by atoms with E-state index in [1.54, 1.807) is 82.4 Å². The summed E-state index contributed by atoms with van der Waals surface area (Å²) in [5.74, 6) is 2.43. The highest BCUT2D eigenvalue weighted by Crippen LogP contribution is 2.62. The van der Waals surface area contributed by atoms with Crippen LogP contribution in [-0.4, -0.2) is 101 Å². The van der Waals surface area contributed by atoms with Crippen LogP contribution >= 0.6 is 47.8 Å². The van der Waals surface area contributed by atoms with Crippen molar-refractivity contribution in [3.63, 3.8) is 0 Å². The molecule has 2 aliphatic carbocycles. The molecule has 9 aromatic carbocycles. The second kappa shape index (κ2) is 46.8. The van der Waals surface area contributed by atoms with Crippen molar-refractivity contribution in [2.75, 3.05) is 33.0 Å². The summed E-state index contributed by atoms with van der Waals surface area (Å²) in [6, 6.07) is 67.3. The molecule has 0 spiro atoms. The minimum Gasteiger partial charge on any atom is -0.507 e. The van der Waals surface area contributed by atoms with Gasteiger partial charge in [0.2, 0.25) is 0 Å². The summed E-state index contributed by atoms with van der Waals surface area (Å²) in [5.41, 5.74) is 11.3. The fraction of sp³-hybridized carbons (Fsp3) is 0.352. The Morgan fingerprint density at radius 3 is 1.27 bits per heavy atom. The quantitative estimate of drug-likeness (QED) is 0.0277. The third kappa shape index (κ3) is 26.3. The van der Waals surface area contributed by atoms with Crippen LogP contribution in [0.3, 0.4) is 0 Å². The van der Waals surface area contributed by atoms with Gasteiger partial charge < -0.3 is 79.4 Å². The molecule has 7 heterocycles.